The van der Waals surface area contributed by atoms with Gasteiger partial charge in [0.15, 0.2) is 5.13 Å². The molecule has 5 rings (SSSR count). The summed E-state index contributed by atoms with van der Waals surface area (Å²) >= 11 is 1.30. The van der Waals surface area contributed by atoms with Crippen molar-refractivity contribution in [3.63, 3.8) is 0 Å². The molecule has 2 aromatic carbocycles. The normalized spacial score (nSPS) is 17.2. The highest BCUT2D eigenvalue weighted by Gasteiger charge is 2.48. The van der Waals surface area contributed by atoms with E-state index >= 15 is 0 Å². The number of amides is 3. The molecule has 3 amide bonds. The molecule has 0 saturated carbocycles. The number of anilines is 2. The number of nitrogens with one attached hydrogen (secondary N) is 1. The fraction of sp³-hybridized carbons (Fsp3) is 0.100. The van der Waals surface area contributed by atoms with E-state index in [9.17, 15) is 14.4 Å². The first-order valence-corrected chi connectivity index (χ1v) is 9.55. The van der Waals surface area contributed by atoms with Gasteiger partial charge in [0.25, 0.3) is 11.8 Å². The highest BCUT2D eigenvalue weighted by Crippen LogP contribution is 2.44. The summed E-state index contributed by atoms with van der Waals surface area (Å²) in [7, 11) is 0. The van der Waals surface area contributed by atoms with Gasteiger partial charge in [-0.25, -0.2) is 4.98 Å². The average Bonchev–Trinajstić information content (AvgIpc) is 3.32. The molecule has 0 aliphatic carbocycles. The van der Waals surface area contributed by atoms with Gasteiger partial charge in [0.05, 0.1) is 11.3 Å². The van der Waals surface area contributed by atoms with E-state index in [1.807, 2.05) is 12.1 Å². The van der Waals surface area contributed by atoms with E-state index in [1.54, 1.807) is 52.9 Å². The van der Waals surface area contributed by atoms with E-state index in [2.05, 4.69) is 10.3 Å². The quantitative estimate of drug-likeness (QED) is 0.745. The predicted octanol–water partition coefficient (Wildman–Crippen LogP) is 2.90. The minimum absolute atomic E-state index is 0.175. The zero-order chi connectivity index (χ0) is 19.3. The fourth-order valence-corrected chi connectivity index (χ4v) is 4.28. The Morgan fingerprint density at radius 1 is 1.04 bits per heavy atom. The van der Waals surface area contributed by atoms with Gasteiger partial charge in [-0.05, 0) is 18.2 Å². The van der Waals surface area contributed by atoms with Crippen molar-refractivity contribution in [3.8, 4) is 0 Å². The minimum atomic E-state index is -0.645. The smallest absolute Gasteiger partial charge is 0.260 e. The van der Waals surface area contributed by atoms with Crippen molar-refractivity contribution in [1.29, 1.82) is 0 Å². The molecule has 2 aliphatic heterocycles. The molecule has 0 spiro atoms. The van der Waals surface area contributed by atoms with Crippen LogP contribution in [0.1, 0.15) is 32.4 Å². The summed E-state index contributed by atoms with van der Waals surface area (Å²) in [6.07, 6.45) is 0.948. The van der Waals surface area contributed by atoms with Gasteiger partial charge >= 0.3 is 0 Å². The van der Waals surface area contributed by atoms with Gasteiger partial charge in [0.2, 0.25) is 5.91 Å². The Labute approximate surface area is 164 Å². The number of hydrogen-bond donors (Lipinski definition) is 1. The molecule has 1 aromatic heterocycles. The number of carbonyl (C=O) groups excluding carboxylic acids is 3. The first-order valence-electron chi connectivity index (χ1n) is 8.67. The van der Waals surface area contributed by atoms with Crippen LogP contribution in [-0.4, -0.2) is 34.2 Å². The van der Waals surface area contributed by atoms with E-state index in [4.69, 9.17) is 0 Å². The summed E-state index contributed by atoms with van der Waals surface area (Å²) < 4.78 is 0. The summed E-state index contributed by atoms with van der Waals surface area (Å²) in [5.41, 5.74) is 2.23. The van der Waals surface area contributed by atoms with Crippen LogP contribution in [0.2, 0.25) is 0 Å². The van der Waals surface area contributed by atoms with Crippen LogP contribution in [0.5, 0.6) is 0 Å². The molecule has 2 aliphatic rings. The maximum atomic E-state index is 13.2. The Bertz CT molecular complexity index is 1110. The molecule has 0 saturated heterocycles. The third-order valence-corrected chi connectivity index (χ3v) is 5.56. The number of fused-ring (bicyclic) bond motifs is 5. The molecule has 1 atom stereocenters. The van der Waals surface area contributed by atoms with Crippen molar-refractivity contribution in [3.05, 3.63) is 76.8 Å². The third-order valence-electron chi connectivity index (χ3n) is 4.88. The lowest BCUT2D eigenvalue weighted by molar-refractivity contribution is -0.117. The van der Waals surface area contributed by atoms with Crippen molar-refractivity contribution in [2.45, 2.75) is 6.17 Å². The lowest BCUT2D eigenvalue weighted by Crippen LogP contribution is -2.50. The zero-order valence-corrected chi connectivity index (χ0v) is 15.3. The number of rotatable bonds is 3. The van der Waals surface area contributed by atoms with Gasteiger partial charge in [-0.1, -0.05) is 30.3 Å². The molecule has 3 aromatic rings. The molecule has 0 fully saturated rings. The van der Waals surface area contributed by atoms with E-state index < -0.39 is 6.17 Å². The lowest BCUT2D eigenvalue weighted by Gasteiger charge is -2.40. The van der Waals surface area contributed by atoms with Crippen molar-refractivity contribution in [2.24, 2.45) is 0 Å². The van der Waals surface area contributed by atoms with Crippen LogP contribution in [0.15, 0.2) is 60.1 Å². The number of para-hydroxylation sites is 1. The van der Waals surface area contributed by atoms with Crippen molar-refractivity contribution in [2.75, 3.05) is 16.8 Å². The van der Waals surface area contributed by atoms with Crippen LogP contribution in [0.4, 0.5) is 10.8 Å². The summed E-state index contributed by atoms with van der Waals surface area (Å²) in [5, 5.41) is 4.92. The lowest BCUT2D eigenvalue weighted by atomic mass is 10.0. The second-order valence-corrected chi connectivity index (χ2v) is 7.37. The molecule has 0 bridgehead atoms. The average molecular weight is 390 g/mol. The molecule has 1 N–H and O–H groups in total. The largest absolute Gasteiger partial charge is 0.304 e. The Kier molecular flexibility index (Phi) is 3.73. The molecule has 0 radical (unpaired) electrons. The van der Waals surface area contributed by atoms with E-state index in [0.717, 1.165) is 5.56 Å². The molecule has 28 heavy (non-hydrogen) atoms. The monoisotopic (exact) mass is 390 g/mol. The maximum absolute atomic E-state index is 13.2. The van der Waals surface area contributed by atoms with Crippen molar-refractivity contribution in [1.82, 2.24) is 9.88 Å². The molecule has 1 unspecified atom stereocenters. The van der Waals surface area contributed by atoms with Gasteiger partial charge in [-0.3, -0.25) is 19.3 Å². The van der Waals surface area contributed by atoms with Crippen molar-refractivity contribution < 1.29 is 14.4 Å². The molecular formula is C20H14N4O3S. The number of benzene rings is 2. The highest BCUT2D eigenvalue weighted by atomic mass is 32.1. The summed E-state index contributed by atoms with van der Waals surface area (Å²) in [6.45, 7) is -0.185. The molecule has 3 heterocycles. The molecule has 7 nitrogen and oxygen atoms in total. The number of thiazole rings is 1. The SMILES string of the molecule is O=C(CN1C(=O)c2ccccc2N2C(=O)c3ccccc3C12)Nc1nccs1. The Hall–Kier alpha value is -3.52. The first kappa shape index (κ1) is 16.6. The number of aromatic nitrogens is 1. The maximum Gasteiger partial charge on any atom is 0.260 e. The van der Waals surface area contributed by atoms with Gasteiger partial charge in [-0.15, -0.1) is 11.3 Å². The number of carbonyl (C=O) groups is 3. The standard InChI is InChI=1S/C20H14N4O3S/c25-16(22-20-21-9-10-28-20)11-23-17-12-5-1-2-6-13(12)19(27)24(17)15-8-4-3-7-14(15)18(23)26/h1-10,17H,11H2,(H,21,22,25). The molecule has 138 valence electrons. The summed E-state index contributed by atoms with van der Waals surface area (Å²) in [5.74, 6) is -0.819. The van der Waals surface area contributed by atoms with Crippen LogP contribution in [0.25, 0.3) is 0 Å². The van der Waals surface area contributed by atoms with Gasteiger partial charge in [0, 0.05) is 22.7 Å². The van der Waals surface area contributed by atoms with Crippen LogP contribution in [0, 0.1) is 0 Å². The summed E-state index contributed by atoms with van der Waals surface area (Å²) in [4.78, 5) is 45.9. The Morgan fingerprint density at radius 3 is 2.57 bits per heavy atom. The van der Waals surface area contributed by atoms with Gasteiger partial charge < -0.3 is 10.2 Å². The first-order chi connectivity index (χ1) is 13.6. The summed E-state index contributed by atoms with van der Waals surface area (Å²) in [6, 6.07) is 14.2. The van der Waals surface area contributed by atoms with Crippen LogP contribution >= 0.6 is 11.3 Å². The van der Waals surface area contributed by atoms with Crippen LogP contribution in [0.3, 0.4) is 0 Å². The second-order valence-electron chi connectivity index (χ2n) is 6.47. The minimum Gasteiger partial charge on any atom is -0.304 e. The van der Waals surface area contributed by atoms with Crippen molar-refractivity contribution >= 4 is 39.9 Å². The zero-order valence-electron chi connectivity index (χ0n) is 14.5. The van der Waals surface area contributed by atoms with E-state index in [0.29, 0.717) is 21.9 Å². The topological polar surface area (TPSA) is 82.6 Å². The molecular weight excluding hydrogens is 376 g/mol. The van der Waals surface area contributed by atoms with Gasteiger partial charge in [0.1, 0.15) is 12.7 Å². The third kappa shape index (κ3) is 2.42. The van der Waals surface area contributed by atoms with E-state index in [-0.39, 0.29) is 24.3 Å². The molecule has 8 heteroatoms. The predicted molar refractivity (Wildman–Crippen MR) is 104 cm³/mol. The number of nitrogens with zero attached hydrogens (tertiary/aromatic N) is 3. The Balaban J connectivity index is 1.57. The fourth-order valence-electron chi connectivity index (χ4n) is 3.73. The van der Waals surface area contributed by atoms with Crippen LogP contribution < -0.4 is 10.2 Å². The van der Waals surface area contributed by atoms with Gasteiger partial charge in [-0.2, -0.15) is 0 Å². The Morgan fingerprint density at radius 2 is 1.79 bits per heavy atom. The second kappa shape index (κ2) is 6.28. The highest BCUT2D eigenvalue weighted by molar-refractivity contribution is 7.13. The number of hydrogen-bond acceptors (Lipinski definition) is 5. The van der Waals surface area contributed by atoms with Crippen LogP contribution in [-0.2, 0) is 4.79 Å². The van der Waals surface area contributed by atoms with E-state index in [1.165, 1.54) is 16.2 Å².